The van der Waals surface area contributed by atoms with Gasteiger partial charge >= 0.3 is 12.0 Å². The summed E-state index contributed by atoms with van der Waals surface area (Å²) in [4.78, 5) is 26.2. The summed E-state index contributed by atoms with van der Waals surface area (Å²) in [6, 6.07) is -0.138. The topological polar surface area (TPSA) is 60.9 Å². The third-order valence-corrected chi connectivity index (χ3v) is 3.34. The molecule has 5 nitrogen and oxygen atoms in total. The molecule has 0 aliphatic heterocycles. The quantitative estimate of drug-likeness (QED) is 0.762. The van der Waals surface area contributed by atoms with Crippen LogP contribution in [0.15, 0.2) is 0 Å². The van der Waals surface area contributed by atoms with Crippen molar-refractivity contribution in [3.63, 3.8) is 0 Å². The van der Waals surface area contributed by atoms with Gasteiger partial charge in [0.05, 0.1) is 0 Å². The third kappa shape index (κ3) is 4.94. The number of carbonyl (C=O) groups excluding carboxylic acids is 1. The molecule has 2 amide bonds. The Hall–Kier alpha value is -1.26. The zero-order valence-electron chi connectivity index (χ0n) is 12.1. The standard InChI is InChI=1S/C13H26N2O3/c1-6-8-11(4)14(5)13(18)15(9-12(16)17)10(3)7-2/h10-11H,6-9H2,1-5H3,(H,16,17). The normalized spacial score (nSPS) is 13.8. The molecule has 2 unspecified atom stereocenters. The SMILES string of the molecule is CCCC(C)N(C)C(=O)N(CC(=O)O)C(C)CC. The Morgan fingerprint density at radius 3 is 2.11 bits per heavy atom. The minimum atomic E-state index is -0.972. The van der Waals surface area contributed by atoms with Crippen LogP contribution in [-0.4, -0.2) is 52.6 Å². The Kier molecular flexibility index (Phi) is 7.39. The molecule has 2 atom stereocenters. The van der Waals surface area contributed by atoms with E-state index in [0.717, 1.165) is 19.3 Å². The van der Waals surface area contributed by atoms with Crippen molar-refractivity contribution in [3.8, 4) is 0 Å². The maximum Gasteiger partial charge on any atom is 0.323 e. The summed E-state index contributed by atoms with van der Waals surface area (Å²) >= 11 is 0. The number of urea groups is 1. The van der Waals surface area contributed by atoms with Crippen LogP contribution in [0.25, 0.3) is 0 Å². The molecule has 5 heteroatoms. The maximum absolute atomic E-state index is 12.3. The average molecular weight is 258 g/mol. The van der Waals surface area contributed by atoms with Crippen LogP contribution in [0.4, 0.5) is 4.79 Å². The Balaban J connectivity index is 4.78. The van der Waals surface area contributed by atoms with Crippen molar-refractivity contribution < 1.29 is 14.7 Å². The monoisotopic (exact) mass is 258 g/mol. The first kappa shape index (κ1) is 16.7. The molecule has 0 saturated heterocycles. The highest BCUT2D eigenvalue weighted by Crippen LogP contribution is 2.11. The predicted molar refractivity (Wildman–Crippen MR) is 71.6 cm³/mol. The second kappa shape index (κ2) is 7.95. The Bertz CT molecular complexity index is 281. The van der Waals surface area contributed by atoms with E-state index in [1.807, 2.05) is 20.8 Å². The predicted octanol–water partition coefficient (Wildman–Crippen LogP) is 2.41. The van der Waals surface area contributed by atoms with Crippen LogP contribution in [0.1, 0.15) is 47.0 Å². The fraction of sp³-hybridized carbons (Fsp3) is 0.846. The van der Waals surface area contributed by atoms with Crippen molar-refractivity contribution >= 4 is 12.0 Å². The van der Waals surface area contributed by atoms with Crippen molar-refractivity contribution in [2.75, 3.05) is 13.6 Å². The minimum Gasteiger partial charge on any atom is -0.480 e. The molecule has 18 heavy (non-hydrogen) atoms. The highest BCUT2D eigenvalue weighted by atomic mass is 16.4. The van der Waals surface area contributed by atoms with E-state index in [0.29, 0.717) is 0 Å². The number of hydrogen-bond acceptors (Lipinski definition) is 2. The molecular formula is C13H26N2O3. The van der Waals surface area contributed by atoms with Gasteiger partial charge in [-0.2, -0.15) is 0 Å². The average Bonchev–Trinajstić information content (AvgIpc) is 2.33. The Morgan fingerprint density at radius 1 is 1.17 bits per heavy atom. The van der Waals surface area contributed by atoms with Crippen molar-refractivity contribution in [1.82, 2.24) is 9.80 Å². The molecule has 0 saturated carbocycles. The fourth-order valence-corrected chi connectivity index (χ4v) is 1.78. The number of rotatable bonds is 7. The van der Waals surface area contributed by atoms with Crippen molar-refractivity contribution in [2.24, 2.45) is 0 Å². The van der Waals surface area contributed by atoms with Gasteiger partial charge in [-0.15, -0.1) is 0 Å². The number of amides is 2. The third-order valence-electron chi connectivity index (χ3n) is 3.34. The molecule has 0 aliphatic carbocycles. The van der Waals surface area contributed by atoms with Gasteiger partial charge in [0.1, 0.15) is 6.54 Å². The highest BCUT2D eigenvalue weighted by molar-refractivity contribution is 5.80. The maximum atomic E-state index is 12.3. The second-order valence-electron chi connectivity index (χ2n) is 4.81. The van der Waals surface area contributed by atoms with Crippen LogP contribution in [-0.2, 0) is 4.79 Å². The lowest BCUT2D eigenvalue weighted by Gasteiger charge is -2.34. The number of carboxylic acids is 1. The van der Waals surface area contributed by atoms with E-state index in [1.54, 1.807) is 11.9 Å². The second-order valence-corrected chi connectivity index (χ2v) is 4.81. The number of nitrogens with zero attached hydrogens (tertiary/aromatic N) is 2. The van der Waals surface area contributed by atoms with E-state index in [9.17, 15) is 9.59 Å². The van der Waals surface area contributed by atoms with Gasteiger partial charge in [0.25, 0.3) is 0 Å². The molecule has 0 rings (SSSR count). The summed E-state index contributed by atoms with van der Waals surface area (Å²) in [6.45, 7) is 7.63. The van der Waals surface area contributed by atoms with E-state index in [4.69, 9.17) is 5.11 Å². The zero-order chi connectivity index (χ0) is 14.3. The van der Waals surface area contributed by atoms with Gasteiger partial charge in [0.15, 0.2) is 0 Å². The molecule has 0 fully saturated rings. The number of aliphatic carboxylic acids is 1. The molecular weight excluding hydrogens is 232 g/mol. The minimum absolute atomic E-state index is 0.0649. The zero-order valence-corrected chi connectivity index (χ0v) is 12.1. The van der Waals surface area contributed by atoms with Gasteiger partial charge in [0, 0.05) is 19.1 Å². The molecule has 0 radical (unpaired) electrons. The van der Waals surface area contributed by atoms with Crippen LogP contribution in [0.5, 0.6) is 0 Å². The van der Waals surface area contributed by atoms with E-state index in [2.05, 4.69) is 6.92 Å². The molecule has 0 spiro atoms. The van der Waals surface area contributed by atoms with Crippen molar-refractivity contribution in [3.05, 3.63) is 0 Å². The van der Waals surface area contributed by atoms with Gasteiger partial charge < -0.3 is 14.9 Å². The van der Waals surface area contributed by atoms with Gasteiger partial charge in [0.2, 0.25) is 0 Å². The van der Waals surface area contributed by atoms with Gasteiger partial charge in [-0.25, -0.2) is 4.79 Å². The molecule has 0 bridgehead atoms. The lowest BCUT2D eigenvalue weighted by atomic mass is 10.1. The first-order valence-electron chi connectivity index (χ1n) is 6.60. The smallest absolute Gasteiger partial charge is 0.323 e. The summed E-state index contributed by atoms with van der Waals surface area (Å²) in [5.74, 6) is -0.972. The highest BCUT2D eigenvalue weighted by Gasteiger charge is 2.26. The molecule has 106 valence electrons. The van der Waals surface area contributed by atoms with Gasteiger partial charge in [-0.05, 0) is 26.7 Å². The molecule has 0 heterocycles. The first-order chi connectivity index (χ1) is 8.34. The number of carbonyl (C=O) groups is 2. The summed E-state index contributed by atoms with van der Waals surface area (Å²) in [6.07, 6.45) is 2.67. The molecule has 0 aromatic carbocycles. The lowest BCUT2D eigenvalue weighted by Crippen LogP contribution is -2.50. The lowest BCUT2D eigenvalue weighted by molar-refractivity contribution is -0.138. The van der Waals surface area contributed by atoms with E-state index in [1.165, 1.54) is 4.90 Å². The van der Waals surface area contributed by atoms with Crippen LogP contribution >= 0.6 is 0 Å². The molecule has 0 aromatic rings. The Labute approximate surface area is 110 Å². The largest absolute Gasteiger partial charge is 0.480 e. The van der Waals surface area contributed by atoms with Crippen LogP contribution in [0.2, 0.25) is 0 Å². The summed E-state index contributed by atoms with van der Waals surface area (Å²) in [5, 5.41) is 8.89. The van der Waals surface area contributed by atoms with E-state index >= 15 is 0 Å². The van der Waals surface area contributed by atoms with Crippen LogP contribution in [0.3, 0.4) is 0 Å². The van der Waals surface area contributed by atoms with Gasteiger partial charge in [-0.1, -0.05) is 20.3 Å². The van der Waals surface area contributed by atoms with Gasteiger partial charge in [-0.3, -0.25) is 4.79 Å². The Morgan fingerprint density at radius 2 is 1.72 bits per heavy atom. The molecule has 1 N–H and O–H groups in total. The van der Waals surface area contributed by atoms with E-state index < -0.39 is 5.97 Å². The van der Waals surface area contributed by atoms with E-state index in [-0.39, 0.29) is 24.7 Å². The fourth-order valence-electron chi connectivity index (χ4n) is 1.78. The summed E-state index contributed by atoms with van der Waals surface area (Å²) < 4.78 is 0. The number of carboxylic acid groups (broad SMARTS) is 1. The molecule has 0 aliphatic rings. The molecule has 0 aromatic heterocycles. The first-order valence-corrected chi connectivity index (χ1v) is 6.60. The number of hydrogen-bond donors (Lipinski definition) is 1. The van der Waals surface area contributed by atoms with Crippen LogP contribution < -0.4 is 0 Å². The van der Waals surface area contributed by atoms with Crippen molar-refractivity contribution in [2.45, 2.75) is 59.0 Å². The van der Waals surface area contributed by atoms with Crippen molar-refractivity contribution in [1.29, 1.82) is 0 Å². The van der Waals surface area contributed by atoms with Crippen LogP contribution in [0, 0.1) is 0 Å². The summed E-state index contributed by atoms with van der Waals surface area (Å²) in [7, 11) is 1.74. The summed E-state index contributed by atoms with van der Waals surface area (Å²) in [5.41, 5.74) is 0.